The molecular weight excluding hydrogens is 320 g/mol. The number of rotatable bonds is 8. The highest BCUT2D eigenvalue weighted by atomic mass is 32.2. The largest absolute Gasteiger partial charge is 0.457 e. The maximum atomic E-state index is 12.1. The zero-order valence-electron chi connectivity index (χ0n) is 14.1. The SMILES string of the molecule is CSCC[C@H](N)C(=O)NCc1ccccc1Oc1ccccc1C. The van der Waals surface area contributed by atoms with Crippen molar-refractivity contribution in [1.29, 1.82) is 0 Å². The number of hydrogen-bond acceptors (Lipinski definition) is 4. The minimum absolute atomic E-state index is 0.130. The molecule has 2 rings (SSSR count). The van der Waals surface area contributed by atoms with Crippen LogP contribution < -0.4 is 15.8 Å². The van der Waals surface area contributed by atoms with Gasteiger partial charge in [0.15, 0.2) is 0 Å². The summed E-state index contributed by atoms with van der Waals surface area (Å²) in [5, 5.41) is 2.90. The van der Waals surface area contributed by atoms with Crippen LogP contribution in [0.3, 0.4) is 0 Å². The summed E-state index contributed by atoms with van der Waals surface area (Å²) in [6.45, 7) is 2.40. The molecule has 0 saturated carbocycles. The van der Waals surface area contributed by atoms with E-state index in [4.69, 9.17) is 10.5 Å². The first-order valence-corrected chi connectivity index (χ1v) is 9.35. The number of amides is 1. The van der Waals surface area contributed by atoms with Crippen LogP contribution >= 0.6 is 11.8 Å². The molecule has 0 aliphatic heterocycles. The Morgan fingerprint density at radius 1 is 1.17 bits per heavy atom. The average molecular weight is 344 g/mol. The van der Waals surface area contributed by atoms with Gasteiger partial charge in [0.05, 0.1) is 6.04 Å². The van der Waals surface area contributed by atoms with E-state index in [1.165, 1.54) is 0 Å². The fourth-order valence-corrected chi connectivity index (χ4v) is 2.72. The van der Waals surface area contributed by atoms with Crippen molar-refractivity contribution in [3.8, 4) is 11.5 Å². The molecule has 5 heteroatoms. The van der Waals surface area contributed by atoms with Crippen LogP contribution in [0, 0.1) is 6.92 Å². The van der Waals surface area contributed by atoms with Gasteiger partial charge >= 0.3 is 0 Å². The van der Waals surface area contributed by atoms with Gasteiger partial charge in [-0.1, -0.05) is 36.4 Å². The molecule has 0 spiro atoms. The molecule has 24 heavy (non-hydrogen) atoms. The average Bonchev–Trinajstić information content (AvgIpc) is 2.60. The molecule has 2 aromatic carbocycles. The quantitative estimate of drug-likeness (QED) is 0.769. The van der Waals surface area contributed by atoms with Crippen molar-refractivity contribution in [2.75, 3.05) is 12.0 Å². The zero-order valence-corrected chi connectivity index (χ0v) is 14.9. The van der Waals surface area contributed by atoms with Crippen LogP contribution in [0.25, 0.3) is 0 Å². The number of hydrogen-bond donors (Lipinski definition) is 2. The van der Waals surface area contributed by atoms with Gasteiger partial charge in [-0.25, -0.2) is 0 Å². The third kappa shape index (κ3) is 5.28. The molecule has 0 heterocycles. The maximum Gasteiger partial charge on any atom is 0.237 e. The number of carbonyl (C=O) groups excluding carboxylic acids is 1. The number of ether oxygens (including phenoxy) is 1. The Morgan fingerprint density at radius 2 is 1.83 bits per heavy atom. The van der Waals surface area contributed by atoms with E-state index in [0.29, 0.717) is 13.0 Å². The van der Waals surface area contributed by atoms with E-state index in [0.717, 1.165) is 28.4 Å². The van der Waals surface area contributed by atoms with Crippen LogP contribution in [0.2, 0.25) is 0 Å². The number of aryl methyl sites for hydroxylation is 1. The highest BCUT2D eigenvalue weighted by molar-refractivity contribution is 7.98. The topological polar surface area (TPSA) is 64.4 Å². The van der Waals surface area contributed by atoms with Crippen LogP contribution in [0.15, 0.2) is 48.5 Å². The van der Waals surface area contributed by atoms with Crippen LogP contribution in [0.5, 0.6) is 11.5 Å². The molecule has 3 N–H and O–H groups in total. The van der Waals surface area contributed by atoms with Crippen LogP contribution in [-0.2, 0) is 11.3 Å². The van der Waals surface area contributed by atoms with Gasteiger partial charge in [0.1, 0.15) is 11.5 Å². The number of nitrogens with two attached hydrogens (primary N) is 1. The Labute approximate surface area is 147 Å². The van der Waals surface area contributed by atoms with Gasteiger partial charge in [0.25, 0.3) is 0 Å². The van der Waals surface area contributed by atoms with Crippen LogP contribution in [0.1, 0.15) is 17.5 Å². The Bertz CT molecular complexity index is 676. The van der Waals surface area contributed by atoms with Gasteiger partial charge in [0, 0.05) is 12.1 Å². The van der Waals surface area contributed by atoms with E-state index < -0.39 is 6.04 Å². The molecule has 0 aromatic heterocycles. The highest BCUT2D eigenvalue weighted by Crippen LogP contribution is 2.27. The van der Waals surface area contributed by atoms with Gasteiger partial charge in [0.2, 0.25) is 5.91 Å². The fourth-order valence-electron chi connectivity index (χ4n) is 2.23. The molecule has 0 saturated heterocycles. The van der Waals surface area contributed by atoms with E-state index in [1.54, 1.807) is 11.8 Å². The van der Waals surface area contributed by atoms with E-state index in [9.17, 15) is 4.79 Å². The number of nitrogens with one attached hydrogen (secondary N) is 1. The van der Waals surface area contributed by atoms with Crippen molar-refractivity contribution in [3.63, 3.8) is 0 Å². The number of carbonyl (C=O) groups is 1. The Kier molecular flexibility index (Phi) is 7.15. The molecular formula is C19H24N2O2S. The lowest BCUT2D eigenvalue weighted by atomic mass is 10.1. The highest BCUT2D eigenvalue weighted by Gasteiger charge is 2.13. The normalized spacial score (nSPS) is 11.8. The molecule has 0 aliphatic carbocycles. The molecule has 1 amide bonds. The molecule has 0 radical (unpaired) electrons. The van der Waals surface area contributed by atoms with Gasteiger partial charge in [-0.3, -0.25) is 4.79 Å². The smallest absolute Gasteiger partial charge is 0.237 e. The van der Waals surface area contributed by atoms with Crippen molar-refractivity contribution in [2.45, 2.75) is 25.9 Å². The number of benzene rings is 2. The summed E-state index contributed by atoms with van der Waals surface area (Å²) in [4.78, 5) is 12.1. The Hall–Kier alpha value is -1.98. The van der Waals surface area contributed by atoms with E-state index in [2.05, 4.69) is 5.32 Å². The molecule has 128 valence electrons. The van der Waals surface area contributed by atoms with Crippen LogP contribution in [-0.4, -0.2) is 24.0 Å². The van der Waals surface area contributed by atoms with Crippen molar-refractivity contribution in [1.82, 2.24) is 5.32 Å². The molecule has 0 bridgehead atoms. The number of thioether (sulfide) groups is 1. The predicted molar refractivity (Wildman–Crippen MR) is 101 cm³/mol. The summed E-state index contributed by atoms with van der Waals surface area (Å²) < 4.78 is 6.01. The summed E-state index contributed by atoms with van der Waals surface area (Å²) in [5.74, 6) is 2.30. The second kappa shape index (κ2) is 9.35. The van der Waals surface area contributed by atoms with Gasteiger partial charge in [-0.15, -0.1) is 0 Å². The van der Waals surface area contributed by atoms with E-state index in [-0.39, 0.29) is 5.91 Å². The molecule has 0 fully saturated rings. The summed E-state index contributed by atoms with van der Waals surface area (Å²) in [7, 11) is 0. The lowest BCUT2D eigenvalue weighted by Crippen LogP contribution is -2.40. The van der Waals surface area contributed by atoms with Crippen molar-refractivity contribution in [3.05, 3.63) is 59.7 Å². The van der Waals surface area contributed by atoms with Gasteiger partial charge in [-0.05, 0) is 43.0 Å². The first-order valence-electron chi connectivity index (χ1n) is 7.95. The monoisotopic (exact) mass is 344 g/mol. The fraction of sp³-hybridized carbons (Fsp3) is 0.316. The summed E-state index contributed by atoms with van der Waals surface area (Å²) in [6.07, 6.45) is 2.68. The summed E-state index contributed by atoms with van der Waals surface area (Å²) >= 11 is 1.69. The summed E-state index contributed by atoms with van der Waals surface area (Å²) in [6, 6.07) is 15.1. The first kappa shape index (κ1) is 18.4. The molecule has 0 unspecified atom stereocenters. The van der Waals surface area contributed by atoms with E-state index >= 15 is 0 Å². The Balaban J connectivity index is 2.01. The van der Waals surface area contributed by atoms with Crippen LogP contribution in [0.4, 0.5) is 0 Å². The summed E-state index contributed by atoms with van der Waals surface area (Å²) in [5.41, 5.74) is 7.88. The zero-order chi connectivity index (χ0) is 17.4. The second-order valence-corrected chi connectivity index (χ2v) is 6.57. The molecule has 0 aliphatic rings. The third-order valence-electron chi connectivity index (χ3n) is 3.71. The lowest BCUT2D eigenvalue weighted by molar-refractivity contribution is -0.122. The van der Waals surface area contributed by atoms with Crippen molar-refractivity contribution in [2.24, 2.45) is 5.73 Å². The lowest BCUT2D eigenvalue weighted by Gasteiger charge is -2.15. The van der Waals surface area contributed by atoms with Gasteiger partial charge < -0.3 is 15.8 Å². The van der Waals surface area contributed by atoms with E-state index in [1.807, 2.05) is 61.7 Å². The molecule has 2 aromatic rings. The first-order chi connectivity index (χ1) is 11.6. The predicted octanol–water partition coefficient (Wildman–Crippen LogP) is 3.48. The third-order valence-corrected chi connectivity index (χ3v) is 4.35. The minimum Gasteiger partial charge on any atom is -0.457 e. The van der Waals surface area contributed by atoms with Gasteiger partial charge in [-0.2, -0.15) is 11.8 Å². The van der Waals surface area contributed by atoms with Crippen molar-refractivity contribution < 1.29 is 9.53 Å². The minimum atomic E-state index is -0.470. The maximum absolute atomic E-state index is 12.1. The standard InChI is InChI=1S/C19H24N2O2S/c1-14-7-3-5-9-17(14)23-18-10-6-4-8-15(18)13-21-19(22)16(20)11-12-24-2/h3-10,16H,11-13,20H2,1-2H3,(H,21,22)/t16-/m0/s1. The van der Waals surface area contributed by atoms with Crippen molar-refractivity contribution >= 4 is 17.7 Å². The number of para-hydroxylation sites is 2. The molecule has 1 atom stereocenters. The molecule has 4 nitrogen and oxygen atoms in total. The Morgan fingerprint density at radius 3 is 2.54 bits per heavy atom. The second-order valence-electron chi connectivity index (χ2n) is 5.58.